The van der Waals surface area contributed by atoms with Gasteiger partial charge in [-0.3, -0.25) is 4.21 Å². The predicted molar refractivity (Wildman–Crippen MR) is 67.9 cm³/mol. The molecule has 1 unspecified atom stereocenters. The number of amidine groups is 1. The van der Waals surface area contributed by atoms with E-state index in [1.807, 2.05) is 29.2 Å². The van der Waals surface area contributed by atoms with Gasteiger partial charge >= 0.3 is 0 Å². The van der Waals surface area contributed by atoms with E-state index in [1.54, 1.807) is 6.19 Å². The molecule has 1 fully saturated rings. The van der Waals surface area contributed by atoms with Crippen LogP contribution in [0.25, 0.3) is 0 Å². The van der Waals surface area contributed by atoms with E-state index < -0.39 is 10.8 Å². The molecule has 17 heavy (non-hydrogen) atoms. The molecular formula is C11H10ClN3OS. The molecule has 1 aliphatic heterocycles. The Morgan fingerprint density at radius 3 is 2.82 bits per heavy atom. The highest BCUT2D eigenvalue weighted by atomic mass is 35.5. The Balaban J connectivity index is 2.14. The van der Waals surface area contributed by atoms with Crippen molar-refractivity contribution in [1.29, 1.82) is 5.26 Å². The maximum absolute atomic E-state index is 11.6. The smallest absolute Gasteiger partial charge is 0.208 e. The fraction of sp³-hybridized carbons (Fsp3) is 0.273. The first-order valence-electron chi connectivity index (χ1n) is 5.05. The first-order valence-corrected chi connectivity index (χ1v) is 6.75. The van der Waals surface area contributed by atoms with Crippen LogP contribution < -0.4 is 0 Å². The zero-order chi connectivity index (χ0) is 12.3. The van der Waals surface area contributed by atoms with Crippen molar-refractivity contribution in [2.24, 2.45) is 4.99 Å². The zero-order valence-corrected chi connectivity index (χ0v) is 10.5. The van der Waals surface area contributed by atoms with Crippen LogP contribution in [0.2, 0.25) is 5.02 Å². The fourth-order valence-corrected chi connectivity index (χ4v) is 2.93. The molecule has 0 aliphatic carbocycles. The van der Waals surface area contributed by atoms with Crippen molar-refractivity contribution < 1.29 is 4.21 Å². The molecule has 88 valence electrons. The standard InChI is InChI=1S/C11H10ClN3OS/c12-10-3-1-9(2-4-10)7-15-5-6-17(16)11(15)14-8-13/h1-4H,5-7H2. The third-order valence-electron chi connectivity index (χ3n) is 2.45. The Hall–Kier alpha value is -1.38. The summed E-state index contributed by atoms with van der Waals surface area (Å²) in [7, 11) is -1.14. The number of nitrogens with zero attached hydrogens (tertiary/aromatic N) is 3. The molecule has 1 aromatic carbocycles. The monoisotopic (exact) mass is 267 g/mol. The number of aliphatic imine (C=N–C) groups is 1. The van der Waals surface area contributed by atoms with Crippen LogP contribution in [0.5, 0.6) is 0 Å². The van der Waals surface area contributed by atoms with Crippen molar-refractivity contribution in [3.05, 3.63) is 34.9 Å². The van der Waals surface area contributed by atoms with Gasteiger partial charge in [0.05, 0.1) is 10.8 Å². The van der Waals surface area contributed by atoms with E-state index in [2.05, 4.69) is 4.99 Å². The Morgan fingerprint density at radius 1 is 1.47 bits per heavy atom. The molecule has 0 N–H and O–H groups in total. The lowest BCUT2D eigenvalue weighted by Gasteiger charge is -2.16. The third-order valence-corrected chi connectivity index (χ3v) is 4.02. The van der Waals surface area contributed by atoms with Crippen LogP contribution in [0, 0.1) is 11.5 Å². The number of hydrogen-bond donors (Lipinski definition) is 0. The minimum absolute atomic E-state index is 0.377. The van der Waals surface area contributed by atoms with Crippen molar-refractivity contribution in [3.8, 4) is 6.19 Å². The number of benzene rings is 1. The topological polar surface area (TPSA) is 56.5 Å². The van der Waals surface area contributed by atoms with Crippen LogP contribution in [0.1, 0.15) is 5.56 Å². The van der Waals surface area contributed by atoms with Crippen molar-refractivity contribution in [1.82, 2.24) is 4.90 Å². The van der Waals surface area contributed by atoms with Crippen LogP contribution in [0.15, 0.2) is 29.3 Å². The lowest BCUT2D eigenvalue weighted by atomic mass is 10.2. The van der Waals surface area contributed by atoms with E-state index in [-0.39, 0.29) is 0 Å². The first kappa shape index (κ1) is 12.1. The van der Waals surface area contributed by atoms with Crippen molar-refractivity contribution in [3.63, 3.8) is 0 Å². The number of halogens is 1. The molecule has 0 radical (unpaired) electrons. The normalized spacial score (nSPS) is 21.8. The van der Waals surface area contributed by atoms with Gasteiger partial charge in [-0.2, -0.15) is 5.26 Å². The molecule has 0 spiro atoms. The quantitative estimate of drug-likeness (QED) is 0.767. The molecule has 1 saturated heterocycles. The second kappa shape index (κ2) is 5.30. The van der Waals surface area contributed by atoms with Gasteiger partial charge in [-0.25, -0.2) is 0 Å². The minimum atomic E-state index is -1.14. The average molecular weight is 268 g/mol. The zero-order valence-electron chi connectivity index (χ0n) is 8.97. The Kier molecular flexibility index (Phi) is 3.77. The fourth-order valence-electron chi connectivity index (χ4n) is 1.65. The minimum Gasteiger partial charge on any atom is -0.343 e. The molecule has 4 nitrogen and oxygen atoms in total. The second-order valence-corrected chi connectivity index (χ2v) is 5.49. The molecule has 0 aromatic heterocycles. The largest absolute Gasteiger partial charge is 0.343 e. The molecule has 6 heteroatoms. The van der Waals surface area contributed by atoms with Gasteiger partial charge in [-0.15, -0.1) is 4.99 Å². The predicted octanol–water partition coefficient (Wildman–Crippen LogP) is 1.74. The average Bonchev–Trinajstić information content (AvgIpc) is 2.65. The molecule has 2 rings (SSSR count). The third kappa shape index (κ3) is 2.84. The summed E-state index contributed by atoms with van der Waals surface area (Å²) in [5.41, 5.74) is 1.05. The van der Waals surface area contributed by atoms with Gasteiger partial charge in [0, 0.05) is 23.9 Å². The van der Waals surface area contributed by atoms with Crippen LogP contribution >= 0.6 is 11.6 Å². The van der Waals surface area contributed by atoms with Crippen LogP contribution in [0.4, 0.5) is 0 Å². The van der Waals surface area contributed by atoms with Crippen LogP contribution in [-0.4, -0.2) is 26.6 Å². The highest BCUT2D eigenvalue weighted by molar-refractivity contribution is 8.00. The van der Waals surface area contributed by atoms with E-state index in [0.717, 1.165) is 5.56 Å². The summed E-state index contributed by atoms with van der Waals surface area (Å²) in [6, 6.07) is 7.44. The number of nitriles is 1. The molecule has 1 heterocycles. The van der Waals surface area contributed by atoms with Crippen molar-refractivity contribution >= 4 is 27.6 Å². The van der Waals surface area contributed by atoms with Gasteiger partial charge in [0.1, 0.15) is 0 Å². The van der Waals surface area contributed by atoms with Crippen molar-refractivity contribution in [2.75, 3.05) is 12.3 Å². The second-order valence-electron chi connectivity index (χ2n) is 3.59. The van der Waals surface area contributed by atoms with Crippen molar-refractivity contribution in [2.45, 2.75) is 6.54 Å². The lowest BCUT2D eigenvalue weighted by Crippen LogP contribution is -2.25. The summed E-state index contributed by atoms with van der Waals surface area (Å²) in [6.45, 7) is 1.26. The van der Waals surface area contributed by atoms with E-state index >= 15 is 0 Å². The molecule has 0 saturated carbocycles. The summed E-state index contributed by atoms with van der Waals surface area (Å²) < 4.78 is 11.6. The van der Waals surface area contributed by atoms with Crippen LogP contribution in [-0.2, 0) is 17.3 Å². The first-order chi connectivity index (χ1) is 8.20. The number of rotatable bonds is 2. The lowest BCUT2D eigenvalue weighted by molar-refractivity contribution is 0.457. The van der Waals surface area contributed by atoms with Gasteiger partial charge in [-0.1, -0.05) is 23.7 Å². The molecule has 0 amide bonds. The molecule has 0 bridgehead atoms. The molecule has 1 atom stereocenters. The maximum atomic E-state index is 11.6. The summed E-state index contributed by atoms with van der Waals surface area (Å²) in [6.07, 6.45) is 1.70. The van der Waals surface area contributed by atoms with Gasteiger partial charge in [0.25, 0.3) is 0 Å². The van der Waals surface area contributed by atoms with E-state index in [9.17, 15) is 4.21 Å². The Bertz CT molecular complexity index is 506. The van der Waals surface area contributed by atoms with Crippen LogP contribution in [0.3, 0.4) is 0 Å². The maximum Gasteiger partial charge on any atom is 0.208 e. The SMILES string of the molecule is N#CN=C1N(Cc2ccc(Cl)cc2)CCS1=O. The molecule has 1 aliphatic rings. The van der Waals surface area contributed by atoms with Gasteiger partial charge in [0.2, 0.25) is 11.4 Å². The Labute approximate surface area is 107 Å². The summed E-state index contributed by atoms with van der Waals surface area (Å²) in [5.74, 6) is 0.536. The van der Waals surface area contributed by atoms with Gasteiger partial charge < -0.3 is 4.90 Å². The Morgan fingerprint density at radius 2 is 2.18 bits per heavy atom. The summed E-state index contributed by atoms with van der Waals surface area (Å²) in [5, 5.41) is 9.61. The molecular weight excluding hydrogens is 258 g/mol. The van der Waals surface area contributed by atoms with E-state index in [1.165, 1.54) is 0 Å². The molecule has 1 aromatic rings. The van der Waals surface area contributed by atoms with E-state index in [0.29, 0.717) is 29.0 Å². The highest BCUT2D eigenvalue weighted by Gasteiger charge is 2.26. The van der Waals surface area contributed by atoms with Gasteiger partial charge in [-0.05, 0) is 17.7 Å². The summed E-state index contributed by atoms with van der Waals surface area (Å²) in [4.78, 5) is 5.49. The van der Waals surface area contributed by atoms with E-state index in [4.69, 9.17) is 16.9 Å². The summed E-state index contributed by atoms with van der Waals surface area (Å²) >= 11 is 5.80. The van der Waals surface area contributed by atoms with Gasteiger partial charge in [0.15, 0.2) is 0 Å². The number of hydrogen-bond acceptors (Lipinski definition) is 3. The highest BCUT2D eigenvalue weighted by Crippen LogP contribution is 2.15.